The van der Waals surface area contributed by atoms with Crippen molar-refractivity contribution >= 4 is 18.5 Å². The average molecular weight is 160 g/mol. The molecule has 4 heteroatoms. The topological polar surface area (TPSA) is 60.4 Å². The van der Waals surface area contributed by atoms with Crippen LogP contribution in [0.15, 0.2) is 0 Å². The Bertz CT molecular complexity index is 130. The van der Waals surface area contributed by atoms with E-state index in [9.17, 15) is 9.59 Å². The summed E-state index contributed by atoms with van der Waals surface area (Å²) in [6.45, 7) is 5.40. The fourth-order valence-electron chi connectivity index (χ4n) is 0.415. The summed E-state index contributed by atoms with van der Waals surface area (Å²) < 4.78 is 4.49. The lowest BCUT2D eigenvalue weighted by atomic mass is 10.3. The number of hydrogen-bond donors (Lipinski definition) is 0. The Hall–Kier alpha value is -1.19. The van der Waals surface area contributed by atoms with Crippen molar-refractivity contribution in [2.24, 2.45) is 0 Å². The molecule has 0 heterocycles. The third-order valence-corrected chi connectivity index (χ3v) is 0.699. The summed E-state index contributed by atoms with van der Waals surface area (Å²) in [5.74, 6) is -0.599. The molecule has 0 rings (SSSR count). The van der Waals surface area contributed by atoms with E-state index in [0.29, 0.717) is 6.61 Å². The van der Waals surface area contributed by atoms with Crippen molar-refractivity contribution in [1.82, 2.24) is 0 Å². The molecule has 0 saturated heterocycles. The second-order valence-electron chi connectivity index (χ2n) is 1.68. The molecule has 0 aromatic rings. The maximum Gasteiger partial charge on any atom is 0.313 e. The van der Waals surface area contributed by atoms with Crippen molar-refractivity contribution in [1.29, 1.82) is 0 Å². The molecule has 0 radical (unpaired) electrons. The van der Waals surface area contributed by atoms with E-state index in [1.54, 1.807) is 6.92 Å². The van der Waals surface area contributed by atoms with E-state index in [2.05, 4.69) is 4.74 Å². The maximum atomic E-state index is 10.4. The van der Waals surface area contributed by atoms with Crippen LogP contribution in [0.2, 0.25) is 0 Å². The molecule has 0 aromatic heterocycles. The molecule has 64 valence electrons. The Kier molecular flexibility index (Phi) is 10.00. The molecular weight excluding hydrogens is 148 g/mol. The van der Waals surface area contributed by atoms with Gasteiger partial charge in [0.1, 0.15) is 19.0 Å². The van der Waals surface area contributed by atoms with Crippen LogP contribution in [0.25, 0.3) is 0 Å². The van der Waals surface area contributed by atoms with Crippen molar-refractivity contribution in [2.45, 2.75) is 20.3 Å². The molecule has 0 aromatic carbocycles. The van der Waals surface area contributed by atoms with Crippen LogP contribution in [-0.2, 0) is 19.1 Å². The Morgan fingerprint density at radius 3 is 2.09 bits per heavy atom. The molecular formula is C7H12O4. The van der Waals surface area contributed by atoms with Crippen molar-refractivity contribution in [3.63, 3.8) is 0 Å². The van der Waals surface area contributed by atoms with Gasteiger partial charge in [0.2, 0.25) is 0 Å². The van der Waals surface area contributed by atoms with Crippen LogP contribution in [0.4, 0.5) is 0 Å². The second-order valence-corrected chi connectivity index (χ2v) is 1.68. The smallest absolute Gasteiger partial charge is 0.313 e. The number of hydrogen-bond acceptors (Lipinski definition) is 4. The standard InChI is InChI=1S/C6H10O3.CH2O/c1-3-9-6(8)4-5(2)7;1-2/h3-4H2,1-2H3;1H2. The minimum absolute atomic E-state index is 0.103. The zero-order chi connectivity index (χ0) is 9.28. The molecule has 0 aliphatic carbocycles. The molecule has 0 atom stereocenters. The third kappa shape index (κ3) is 12.1. The highest BCUT2D eigenvalue weighted by atomic mass is 16.5. The third-order valence-electron chi connectivity index (χ3n) is 0.699. The highest BCUT2D eigenvalue weighted by molar-refractivity contribution is 5.94. The Labute approximate surface area is 65.5 Å². The number of Topliss-reactive ketones (excluding diaryl/α,β-unsaturated/α-hetero) is 1. The molecule has 0 fully saturated rings. The van der Waals surface area contributed by atoms with Gasteiger partial charge in [-0.1, -0.05) is 0 Å². The Morgan fingerprint density at radius 1 is 1.36 bits per heavy atom. The highest BCUT2D eigenvalue weighted by Gasteiger charge is 2.03. The average Bonchev–Trinajstić information content (AvgIpc) is 1.91. The fourth-order valence-corrected chi connectivity index (χ4v) is 0.415. The van der Waals surface area contributed by atoms with Crippen molar-refractivity contribution < 1.29 is 19.1 Å². The molecule has 0 amide bonds. The summed E-state index contributed by atoms with van der Waals surface area (Å²) in [6.07, 6.45) is -0.103. The van der Waals surface area contributed by atoms with Crippen molar-refractivity contribution in [3.8, 4) is 0 Å². The lowest BCUT2D eigenvalue weighted by molar-refractivity contribution is -0.145. The first-order chi connectivity index (χ1) is 5.16. The first-order valence-corrected chi connectivity index (χ1v) is 3.10. The van der Waals surface area contributed by atoms with Crippen LogP contribution >= 0.6 is 0 Å². The first-order valence-electron chi connectivity index (χ1n) is 3.10. The normalized spacial score (nSPS) is 7.45. The van der Waals surface area contributed by atoms with Gasteiger partial charge in [-0.25, -0.2) is 0 Å². The molecule has 0 bridgehead atoms. The number of carbonyl (C=O) groups is 3. The van der Waals surface area contributed by atoms with E-state index in [1.165, 1.54) is 6.92 Å². The summed E-state index contributed by atoms with van der Waals surface area (Å²) in [6, 6.07) is 0. The van der Waals surface area contributed by atoms with E-state index in [4.69, 9.17) is 4.79 Å². The van der Waals surface area contributed by atoms with Gasteiger partial charge in [0.05, 0.1) is 6.61 Å². The highest BCUT2D eigenvalue weighted by Crippen LogP contribution is 1.86. The van der Waals surface area contributed by atoms with Crippen LogP contribution in [-0.4, -0.2) is 25.1 Å². The van der Waals surface area contributed by atoms with E-state index < -0.39 is 5.97 Å². The van der Waals surface area contributed by atoms with Gasteiger partial charge in [0.15, 0.2) is 0 Å². The Balaban J connectivity index is 0. The number of rotatable bonds is 3. The van der Waals surface area contributed by atoms with Crippen molar-refractivity contribution in [2.75, 3.05) is 6.61 Å². The van der Waals surface area contributed by atoms with Gasteiger partial charge < -0.3 is 9.53 Å². The molecule has 0 unspecified atom stereocenters. The minimum atomic E-state index is -0.440. The van der Waals surface area contributed by atoms with E-state index in [-0.39, 0.29) is 12.2 Å². The van der Waals surface area contributed by atoms with Gasteiger partial charge in [-0.15, -0.1) is 0 Å². The van der Waals surface area contributed by atoms with E-state index in [0.717, 1.165) is 0 Å². The van der Waals surface area contributed by atoms with Gasteiger partial charge in [0.25, 0.3) is 0 Å². The number of esters is 1. The quantitative estimate of drug-likeness (QED) is 0.441. The second kappa shape index (κ2) is 8.81. The summed E-state index contributed by atoms with van der Waals surface area (Å²) in [5, 5.41) is 0. The lowest BCUT2D eigenvalue weighted by Gasteiger charge is -1.96. The summed E-state index contributed by atoms with van der Waals surface area (Å²) >= 11 is 0. The molecule has 4 nitrogen and oxygen atoms in total. The van der Waals surface area contributed by atoms with Crippen LogP contribution in [0.5, 0.6) is 0 Å². The van der Waals surface area contributed by atoms with Crippen molar-refractivity contribution in [3.05, 3.63) is 0 Å². The maximum absolute atomic E-state index is 10.4. The van der Waals surface area contributed by atoms with Crippen LogP contribution in [0, 0.1) is 0 Å². The fraction of sp³-hybridized carbons (Fsp3) is 0.571. The summed E-state index contributed by atoms with van der Waals surface area (Å²) in [7, 11) is 0. The molecule has 0 spiro atoms. The van der Waals surface area contributed by atoms with Gasteiger partial charge in [-0.05, 0) is 13.8 Å². The molecule has 11 heavy (non-hydrogen) atoms. The van der Waals surface area contributed by atoms with Crippen LogP contribution < -0.4 is 0 Å². The molecule has 0 saturated carbocycles. The number of ether oxygens (including phenoxy) is 1. The molecule has 0 aliphatic heterocycles. The Morgan fingerprint density at radius 2 is 1.82 bits per heavy atom. The van der Waals surface area contributed by atoms with Gasteiger partial charge in [0, 0.05) is 0 Å². The monoisotopic (exact) mass is 160 g/mol. The minimum Gasteiger partial charge on any atom is -0.466 e. The van der Waals surface area contributed by atoms with Crippen LogP contribution in [0.3, 0.4) is 0 Å². The van der Waals surface area contributed by atoms with Gasteiger partial charge in [-0.3, -0.25) is 9.59 Å². The van der Waals surface area contributed by atoms with Gasteiger partial charge >= 0.3 is 5.97 Å². The zero-order valence-electron chi connectivity index (χ0n) is 6.75. The SMILES string of the molecule is C=O.CCOC(=O)CC(C)=O. The zero-order valence-corrected chi connectivity index (χ0v) is 6.75. The first kappa shape index (κ1) is 12.5. The molecule has 0 N–H and O–H groups in total. The van der Waals surface area contributed by atoms with E-state index >= 15 is 0 Å². The predicted molar refractivity (Wildman–Crippen MR) is 39.1 cm³/mol. The van der Waals surface area contributed by atoms with E-state index in [1.807, 2.05) is 6.79 Å². The summed E-state index contributed by atoms with van der Waals surface area (Å²) in [5.41, 5.74) is 0. The largest absolute Gasteiger partial charge is 0.466 e. The van der Waals surface area contributed by atoms with Gasteiger partial charge in [-0.2, -0.15) is 0 Å². The lowest BCUT2D eigenvalue weighted by Crippen LogP contribution is -2.07. The van der Waals surface area contributed by atoms with Crippen LogP contribution in [0.1, 0.15) is 20.3 Å². The number of carbonyl (C=O) groups excluding carboxylic acids is 3. The molecule has 0 aliphatic rings. The predicted octanol–water partition coefficient (Wildman–Crippen LogP) is 0.344. The summed E-state index contributed by atoms with van der Waals surface area (Å²) in [4.78, 5) is 28.6. The number of ketones is 1.